The highest BCUT2D eigenvalue weighted by atomic mass is 32.1. The average molecular weight is 357 g/mol. The van der Waals surface area contributed by atoms with Gasteiger partial charge < -0.3 is 14.4 Å². The number of aromatic hydroxyl groups is 1. The number of phenols is 1. The summed E-state index contributed by atoms with van der Waals surface area (Å²) in [6.07, 6.45) is 3.10. The minimum absolute atomic E-state index is 0.155. The molecule has 0 bridgehead atoms. The quantitative estimate of drug-likeness (QED) is 0.520. The fraction of sp³-hybridized carbons (Fsp3) is 0.235. The van der Waals surface area contributed by atoms with Crippen molar-refractivity contribution in [2.75, 3.05) is 18.0 Å². The predicted octanol–water partition coefficient (Wildman–Crippen LogP) is 3.63. The Hall–Kier alpha value is -2.87. The van der Waals surface area contributed by atoms with E-state index in [2.05, 4.69) is 34.0 Å². The number of nitrogens with zero attached hydrogens (tertiary/aromatic N) is 4. The molecule has 3 aromatic rings. The van der Waals surface area contributed by atoms with Crippen molar-refractivity contribution >= 4 is 24.1 Å². The number of H-pyrrole nitrogens is 1. The van der Waals surface area contributed by atoms with E-state index in [0.29, 0.717) is 21.9 Å². The smallest absolute Gasteiger partial charge is 0.219 e. The summed E-state index contributed by atoms with van der Waals surface area (Å²) in [4.78, 5) is 2.15. The van der Waals surface area contributed by atoms with Gasteiger partial charge in [-0.2, -0.15) is 9.78 Å². The number of aromatic amines is 1. The monoisotopic (exact) mass is 357 g/mol. The van der Waals surface area contributed by atoms with Crippen LogP contribution in [0.25, 0.3) is 11.6 Å². The van der Waals surface area contributed by atoms with E-state index in [1.54, 1.807) is 30.7 Å². The van der Waals surface area contributed by atoms with Gasteiger partial charge in [0.1, 0.15) is 5.75 Å². The van der Waals surface area contributed by atoms with Crippen LogP contribution >= 0.6 is 12.2 Å². The zero-order valence-electron chi connectivity index (χ0n) is 14.0. The van der Waals surface area contributed by atoms with Crippen LogP contribution in [-0.4, -0.2) is 39.3 Å². The van der Waals surface area contributed by atoms with E-state index in [-0.39, 0.29) is 5.75 Å². The first kappa shape index (κ1) is 17.0. The molecule has 0 spiro atoms. The van der Waals surface area contributed by atoms with E-state index in [1.807, 2.05) is 12.1 Å². The summed E-state index contributed by atoms with van der Waals surface area (Å²) in [5.41, 5.74) is 1.56. The number of hydrogen-bond acceptors (Lipinski definition) is 6. The molecule has 0 aliphatic heterocycles. The molecule has 0 radical (unpaired) electrons. The molecule has 0 fully saturated rings. The van der Waals surface area contributed by atoms with Crippen LogP contribution in [0, 0.1) is 4.77 Å². The Morgan fingerprint density at radius 2 is 2.16 bits per heavy atom. The van der Waals surface area contributed by atoms with Crippen LogP contribution in [-0.2, 0) is 0 Å². The lowest BCUT2D eigenvalue weighted by atomic mass is 10.2. The Labute approximate surface area is 150 Å². The molecule has 2 N–H and O–H groups in total. The van der Waals surface area contributed by atoms with Crippen LogP contribution in [0.4, 0.5) is 5.69 Å². The van der Waals surface area contributed by atoms with Crippen molar-refractivity contribution in [2.24, 2.45) is 5.10 Å². The van der Waals surface area contributed by atoms with Gasteiger partial charge in [-0.3, -0.25) is 0 Å². The first-order valence-corrected chi connectivity index (χ1v) is 8.38. The molecule has 0 saturated carbocycles. The SMILES string of the molecule is CCN(CC)c1ccc(/C=N/n2c(-c3ccco3)n[nH]c2=S)c(O)c1. The standard InChI is InChI=1S/C17H19N5O2S/c1-3-21(4-2)13-8-7-12(14(23)10-13)11-18-22-16(19-20-17(22)25)15-6-5-9-24-15/h5-11,23H,3-4H2,1-2H3,(H,20,25)/b18-11+. The first-order chi connectivity index (χ1) is 12.1. The minimum atomic E-state index is 0.155. The van der Waals surface area contributed by atoms with E-state index in [0.717, 1.165) is 18.8 Å². The van der Waals surface area contributed by atoms with E-state index in [9.17, 15) is 5.11 Å². The Balaban J connectivity index is 1.91. The lowest BCUT2D eigenvalue weighted by molar-refractivity contribution is 0.474. The molecule has 0 aliphatic carbocycles. The summed E-state index contributed by atoms with van der Waals surface area (Å²) in [6, 6.07) is 9.04. The molecule has 0 amide bonds. The van der Waals surface area contributed by atoms with E-state index in [4.69, 9.17) is 16.6 Å². The highest BCUT2D eigenvalue weighted by Crippen LogP contribution is 2.24. The molecule has 0 unspecified atom stereocenters. The fourth-order valence-electron chi connectivity index (χ4n) is 2.51. The lowest BCUT2D eigenvalue weighted by Gasteiger charge is -2.21. The van der Waals surface area contributed by atoms with Crippen molar-refractivity contribution in [1.29, 1.82) is 0 Å². The number of aromatic nitrogens is 3. The zero-order valence-corrected chi connectivity index (χ0v) is 14.8. The largest absolute Gasteiger partial charge is 0.507 e. The molecule has 0 aliphatic rings. The summed E-state index contributed by atoms with van der Waals surface area (Å²) in [7, 11) is 0. The maximum Gasteiger partial charge on any atom is 0.219 e. The number of hydrogen-bond donors (Lipinski definition) is 2. The van der Waals surface area contributed by atoms with Gasteiger partial charge in [0.05, 0.1) is 12.5 Å². The number of benzene rings is 1. The Morgan fingerprint density at radius 1 is 1.36 bits per heavy atom. The molecule has 2 heterocycles. The van der Waals surface area contributed by atoms with E-state index >= 15 is 0 Å². The summed E-state index contributed by atoms with van der Waals surface area (Å²) < 4.78 is 7.12. The normalized spacial score (nSPS) is 11.3. The van der Waals surface area contributed by atoms with E-state index in [1.165, 1.54) is 4.68 Å². The molecule has 7 nitrogen and oxygen atoms in total. The molecule has 0 saturated heterocycles. The number of nitrogens with one attached hydrogen (secondary N) is 1. The summed E-state index contributed by atoms with van der Waals surface area (Å²) in [6.45, 7) is 5.90. The number of phenolic OH excluding ortho intramolecular Hbond substituents is 1. The molecule has 8 heteroatoms. The molecule has 1 aromatic carbocycles. The van der Waals surface area contributed by atoms with Gasteiger partial charge in [0.25, 0.3) is 0 Å². The molecule has 25 heavy (non-hydrogen) atoms. The molecule has 0 atom stereocenters. The van der Waals surface area contributed by atoms with Crippen LogP contribution in [0.1, 0.15) is 19.4 Å². The topological polar surface area (TPSA) is 82.6 Å². The number of rotatable bonds is 6. The molecule has 2 aromatic heterocycles. The lowest BCUT2D eigenvalue weighted by Crippen LogP contribution is -2.21. The molecular weight excluding hydrogens is 338 g/mol. The highest BCUT2D eigenvalue weighted by molar-refractivity contribution is 7.71. The molecular formula is C17H19N5O2S. The van der Waals surface area contributed by atoms with Crippen molar-refractivity contribution in [3.8, 4) is 17.3 Å². The van der Waals surface area contributed by atoms with Gasteiger partial charge >= 0.3 is 0 Å². The number of anilines is 1. The second-order valence-corrected chi connectivity index (χ2v) is 5.69. The first-order valence-electron chi connectivity index (χ1n) is 7.97. The van der Waals surface area contributed by atoms with Crippen LogP contribution in [0.15, 0.2) is 46.1 Å². The van der Waals surface area contributed by atoms with Gasteiger partial charge in [-0.05, 0) is 50.3 Å². The Kier molecular flexibility index (Phi) is 4.99. The zero-order chi connectivity index (χ0) is 17.8. The van der Waals surface area contributed by atoms with Crippen LogP contribution in [0.2, 0.25) is 0 Å². The highest BCUT2D eigenvalue weighted by Gasteiger charge is 2.11. The van der Waals surface area contributed by atoms with Gasteiger partial charge in [-0.25, -0.2) is 5.10 Å². The van der Waals surface area contributed by atoms with E-state index < -0.39 is 0 Å². The number of furan rings is 1. The third kappa shape index (κ3) is 3.48. The second-order valence-electron chi connectivity index (χ2n) is 5.30. The van der Waals surface area contributed by atoms with Gasteiger partial charge in [0, 0.05) is 30.4 Å². The van der Waals surface area contributed by atoms with Gasteiger partial charge in [0.15, 0.2) is 5.76 Å². The summed E-state index contributed by atoms with van der Waals surface area (Å²) in [5, 5.41) is 21.4. The summed E-state index contributed by atoms with van der Waals surface area (Å²) >= 11 is 5.20. The van der Waals surface area contributed by atoms with Crippen molar-refractivity contribution < 1.29 is 9.52 Å². The molecule has 130 valence electrons. The second kappa shape index (κ2) is 7.35. The Morgan fingerprint density at radius 3 is 2.80 bits per heavy atom. The predicted molar refractivity (Wildman–Crippen MR) is 99.8 cm³/mol. The van der Waals surface area contributed by atoms with Crippen molar-refractivity contribution in [2.45, 2.75) is 13.8 Å². The minimum Gasteiger partial charge on any atom is -0.507 e. The third-order valence-electron chi connectivity index (χ3n) is 3.85. The summed E-state index contributed by atoms with van der Waals surface area (Å²) in [5.74, 6) is 1.17. The molecule has 3 rings (SSSR count). The maximum atomic E-state index is 10.3. The van der Waals surface area contributed by atoms with Crippen molar-refractivity contribution in [3.63, 3.8) is 0 Å². The average Bonchev–Trinajstić information content (AvgIpc) is 3.25. The van der Waals surface area contributed by atoms with Crippen LogP contribution in [0.3, 0.4) is 0 Å². The van der Waals surface area contributed by atoms with Gasteiger partial charge in [-0.15, -0.1) is 5.10 Å². The van der Waals surface area contributed by atoms with Gasteiger partial charge in [0.2, 0.25) is 10.6 Å². The maximum absolute atomic E-state index is 10.3. The van der Waals surface area contributed by atoms with Crippen molar-refractivity contribution in [1.82, 2.24) is 14.9 Å². The van der Waals surface area contributed by atoms with Crippen LogP contribution in [0.5, 0.6) is 5.75 Å². The fourth-order valence-corrected chi connectivity index (χ4v) is 2.69. The van der Waals surface area contributed by atoms with Gasteiger partial charge in [-0.1, -0.05) is 0 Å². The van der Waals surface area contributed by atoms with Crippen LogP contribution < -0.4 is 4.90 Å². The van der Waals surface area contributed by atoms with Crippen molar-refractivity contribution in [3.05, 3.63) is 46.9 Å². The Bertz CT molecular complexity index is 923. The third-order valence-corrected chi connectivity index (χ3v) is 4.11.